The summed E-state index contributed by atoms with van der Waals surface area (Å²) in [5.41, 5.74) is 2.06. The highest BCUT2D eigenvalue weighted by Crippen LogP contribution is 2.21. The van der Waals surface area contributed by atoms with E-state index in [0.717, 1.165) is 29.8 Å². The standard InChI is InChI=1S/C23H29FN2O3/c1-23(2,3)29-22(27)26-13-11-17(12-14-26)15-28-16-20-5-4-6-21(25-20)18-7-9-19(24)10-8-18/h4-10,17H,11-16H2,1-3H3. The van der Waals surface area contributed by atoms with Crippen LogP contribution < -0.4 is 0 Å². The first-order chi connectivity index (χ1) is 13.8. The molecule has 0 N–H and O–H groups in total. The molecule has 1 aromatic heterocycles. The van der Waals surface area contributed by atoms with Gasteiger partial charge in [-0.2, -0.15) is 0 Å². The Morgan fingerprint density at radius 3 is 2.48 bits per heavy atom. The van der Waals surface area contributed by atoms with Crippen LogP contribution >= 0.6 is 0 Å². The van der Waals surface area contributed by atoms with Crippen LogP contribution in [-0.2, 0) is 16.1 Å². The molecule has 1 fully saturated rings. The molecule has 2 aromatic rings. The van der Waals surface area contributed by atoms with Gasteiger partial charge in [0.1, 0.15) is 11.4 Å². The Hall–Kier alpha value is -2.47. The number of aromatic nitrogens is 1. The van der Waals surface area contributed by atoms with Gasteiger partial charge >= 0.3 is 6.09 Å². The molecule has 156 valence electrons. The zero-order chi connectivity index (χ0) is 20.9. The van der Waals surface area contributed by atoms with Crippen LogP contribution in [0.4, 0.5) is 9.18 Å². The van der Waals surface area contributed by atoms with E-state index in [2.05, 4.69) is 4.98 Å². The molecule has 1 aliphatic rings. The van der Waals surface area contributed by atoms with Gasteiger partial charge in [0.2, 0.25) is 0 Å². The lowest BCUT2D eigenvalue weighted by Crippen LogP contribution is -2.42. The highest BCUT2D eigenvalue weighted by atomic mass is 19.1. The Morgan fingerprint density at radius 1 is 1.14 bits per heavy atom. The summed E-state index contributed by atoms with van der Waals surface area (Å²) >= 11 is 0. The fraction of sp³-hybridized carbons (Fsp3) is 0.478. The third kappa shape index (κ3) is 6.53. The average molecular weight is 400 g/mol. The molecule has 5 nitrogen and oxygen atoms in total. The molecule has 0 bridgehead atoms. The highest BCUT2D eigenvalue weighted by molar-refractivity contribution is 5.68. The van der Waals surface area contributed by atoms with Gasteiger partial charge < -0.3 is 14.4 Å². The van der Waals surface area contributed by atoms with Crippen LogP contribution in [0.1, 0.15) is 39.3 Å². The molecule has 1 aromatic carbocycles. The molecular formula is C23H29FN2O3. The smallest absolute Gasteiger partial charge is 0.410 e. The predicted octanol–water partition coefficient (Wildman–Crippen LogP) is 5.05. The summed E-state index contributed by atoms with van der Waals surface area (Å²) < 4.78 is 24.4. The van der Waals surface area contributed by atoms with Gasteiger partial charge in [-0.3, -0.25) is 4.98 Å². The molecule has 0 spiro atoms. The number of hydrogen-bond acceptors (Lipinski definition) is 4. The second-order valence-corrected chi connectivity index (χ2v) is 8.45. The lowest BCUT2D eigenvalue weighted by Gasteiger charge is -2.33. The number of hydrogen-bond donors (Lipinski definition) is 0. The van der Waals surface area contributed by atoms with Crippen LogP contribution in [0.2, 0.25) is 0 Å². The minimum absolute atomic E-state index is 0.237. The Kier molecular flexibility index (Phi) is 6.85. The molecule has 2 heterocycles. The van der Waals surface area contributed by atoms with Crippen molar-refractivity contribution in [2.75, 3.05) is 19.7 Å². The van der Waals surface area contributed by atoms with Crippen molar-refractivity contribution in [3.8, 4) is 11.3 Å². The molecule has 0 saturated carbocycles. The molecule has 6 heteroatoms. The van der Waals surface area contributed by atoms with E-state index in [1.165, 1.54) is 12.1 Å². The zero-order valence-electron chi connectivity index (χ0n) is 17.4. The van der Waals surface area contributed by atoms with Crippen LogP contribution in [-0.4, -0.2) is 41.3 Å². The normalized spacial score (nSPS) is 15.4. The van der Waals surface area contributed by atoms with Gasteiger partial charge in [-0.15, -0.1) is 0 Å². The van der Waals surface area contributed by atoms with Gasteiger partial charge in [-0.25, -0.2) is 9.18 Å². The van der Waals surface area contributed by atoms with E-state index in [9.17, 15) is 9.18 Å². The van der Waals surface area contributed by atoms with E-state index in [4.69, 9.17) is 9.47 Å². The summed E-state index contributed by atoms with van der Waals surface area (Å²) in [5.74, 6) is 0.167. The third-order valence-electron chi connectivity index (χ3n) is 4.82. The Morgan fingerprint density at radius 2 is 1.83 bits per heavy atom. The monoisotopic (exact) mass is 400 g/mol. The first-order valence-electron chi connectivity index (χ1n) is 10.1. The summed E-state index contributed by atoms with van der Waals surface area (Å²) in [5, 5.41) is 0. The van der Waals surface area contributed by atoms with Crippen molar-refractivity contribution in [1.29, 1.82) is 0 Å². The van der Waals surface area contributed by atoms with Gasteiger partial charge in [-0.05, 0) is 75.9 Å². The molecule has 0 unspecified atom stereocenters. The van der Waals surface area contributed by atoms with Gasteiger partial charge in [0.25, 0.3) is 0 Å². The second-order valence-electron chi connectivity index (χ2n) is 8.45. The maximum absolute atomic E-state index is 13.1. The summed E-state index contributed by atoms with van der Waals surface area (Å²) in [6, 6.07) is 12.1. The van der Waals surface area contributed by atoms with Crippen LogP contribution in [0, 0.1) is 11.7 Å². The third-order valence-corrected chi connectivity index (χ3v) is 4.82. The number of ether oxygens (including phenoxy) is 2. The fourth-order valence-corrected chi connectivity index (χ4v) is 3.28. The molecule has 1 amide bonds. The minimum atomic E-state index is -0.466. The second kappa shape index (κ2) is 9.35. The lowest BCUT2D eigenvalue weighted by atomic mass is 9.98. The number of piperidine rings is 1. The lowest BCUT2D eigenvalue weighted by molar-refractivity contribution is 0.0103. The van der Waals surface area contributed by atoms with Crippen molar-refractivity contribution in [1.82, 2.24) is 9.88 Å². The zero-order valence-corrected chi connectivity index (χ0v) is 17.4. The van der Waals surface area contributed by atoms with Crippen molar-refractivity contribution in [2.24, 2.45) is 5.92 Å². The number of nitrogens with zero attached hydrogens (tertiary/aromatic N) is 2. The molecule has 29 heavy (non-hydrogen) atoms. The maximum Gasteiger partial charge on any atom is 0.410 e. The number of amides is 1. The number of carbonyl (C=O) groups excluding carboxylic acids is 1. The van der Waals surface area contributed by atoms with Gasteiger partial charge in [0, 0.05) is 18.7 Å². The first-order valence-corrected chi connectivity index (χ1v) is 10.1. The number of rotatable bonds is 5. The van der Waals surface area contributed by atoms with Gasteiger partial charge in [0.15, 0.2) is 0 Å². The summed E-state index contributed by atoms with van der Waals surface area (Å²) in [7, 11) is 0. The van der Waals surface area contributed by atoms with Crippen molar-refractivity contribution in [3.05, 3.63) is 54.0 Å². The SMILES string of the molecule is CC(C)(C)OC(=O)N1CCC(COCc2cccc(-c3ccc(F)cc3)n2)CC1. The Labute approximate surface area is 171 Å². The topological polar surface area (TPSA) is 51.7 Å². The van der Waals surface area contributed by atoms with Crippen LogP contribution in [0.5, 0.6) is 0 Å². The number of halogens is 1. The number of pyridine rings is 1. The average Bonchev–Trinajstić information content (AvgIpc) is 2.68. The van der Waals surface area contributed by atoms with E-state index in [0.29, 0.717) is 32.2 Å². The van der Waals surface area contributed by atoms with Crippen LogP contribution in [0.15, 0.2) is 42.5 Å². The van der Waals surface area contributed by atoms with Crippen molar-refractivity contribution in [3.63, 3.8) is 0 Å². The Bertz CT molecular complexity index is 810. The van der Waals surface area contributed by atoms with Gasteiger partial charge in [-0.1, -0.05) is 6.07 Å². The van der Waals surface area contributed by atoms with Crippen molar-refractivity contribution < 1.29 is 18.7 Å². The van der Waals surface area contributed by atoms with E-state index in [1.807, 2.05) is 39.0 Å². The number of likely N-dealkylation sites (tertiary alicyclic amines) is 1. The first kappa shape index (κ1) is 21.2. The van der Waals surface area contributed by atoms with Gasteiger partial charge in [0.05, 0.1) is 24.6 Å². The molecule has 0 atom stereocenters. The van der Waals surface area contributed by atoms with E-state index in [-0.39, 0.29) is 11.9 Å². The Balaban J connectivity index is 1.44. The summed E-state index contributed by atoms with van der Waals surface area (Å²) in [4.78, 5) is 18.5. The van der Waals surface area contributed by atoms with E-state index < -0.39 is 5.60 Å². The van der Waals surface area contributed by atoms with E-state index >= 15 is 0 Å². The minimum Gasteiger partial charge on any atom is -0.444 e. The number of carbonyl (C=O) groups is 1. The molecular weight excluding hydrogens is 371 g/mol. The predicted molar refractivity (Wildman–Crippen MR) is 110 cm³/mol. The fourth-order valence-electron chi connectivity index (χ4n) is 3.28. The largest absolute Gasteiger partial charge is 0.444 e. The van der Waals surface area contributed by atoms with Crippen molar-refractivity contribution in [2.45, 2.75) is 45.8 Å². The highest BCUT2D eigenvalue weighted by Gasteiger charge is 2.26. The van der Waals surface area contributed by atoms with Crippen molar-refractivity contribution >= 4 is 6.09 Å². The molecule has 0 aliphatic carbocycles. The van der Waals surface area contributed by atoms with Crippen LogP contribution in [0.25, 0.3) is 11.3 Å². The van der Waals surface area contributed by atoms with Crippen LogP contribution in [0.3, 0.4) is 0 Å². The maximum atomic E-state index is 13.1. The molecule has 0 radical (unpaired) electrons. The summed E-state index contributed by atoms with van der Waals surface area (Å²) in [6.07, 6.45) is 1.57. The number of benzene rings is 1. The van der Waals surface area contributed by atoms with E-state index in [1.54, 1.807) is 17.0 Å². The quantitative estimate of drug-likeness (QED) is 0.705. The molecule has 3 rings (SSSR count). The summed E-state index contributed by atoms with van der Waals surface area (Å²) in [6.45, 7) is 8.11. The molecule has 1 aliphatic heterocycles. The molecule has 1 saturated heterocycles.